The first kappa shape index (κ1) is 13.3. The van der Waals surface area contributed by atoms with E-state index >= 15 is 0 Å². The minimum absolute atomic E-state index is 0.455. The molecular weight excluding hydrogens is 222 g/mol. The molecule has 1 aliphatic carbocycles. The normalized spacial score (nSPS) is 16.8. The molecule has 1 atom stereocenters. The molecule has 100 valence electrons. The monoisotopic (exact) mass is 247 g/mol. The summed E-state index contributed by atoms with van der Waals surface area (Å²) in [5.41, 5.74) is 2.68. The lowest BCUT2D eigenvalue weighted by molar-refractivity contribution is 0.666. The summed E-state index contributed by atoms with van der Waals surface area (Å²) in [5.74, 6) is 2.57. The van der Waals surface area contributed by atoms with Gasteiger partial charge in [0, 0.05) is 23.7 Å². The van der Waals surface area contributed by atoms with Gasteiger partial charge in [-0.15, -0.1) is 0 Å². The first-order valence-corrected chi connectivity index (χ1v) is 7.39. The maximum atomic E-state index is 4.84. The van der Waals surface area contributed by atoms with Crippen LogP contribution in [0.4, 0.5) is 5.82 Å². The van der Waals surface area contributed by atoms with E-state index in [0.717, 1.165) is 37.4 Å². The molecule has 1 aliphatic rings. The van der Waals surface area contributed by atoms with Crippen molar-refractivity contribution < 1.29 is 0 Å². The molecular formula is C15H25N3. The Morgan fingerprint density at radius 2 is 1.89 bits per heavy atom. The van der Waals surface area contributed by atoms with E-state index in [0.29, 0.717) is 5.92 Å². The molecule has 2 rings (SSSR count). The lowest BCUT2D eigenvalue weighted by atomic mass is 10.1. The molecule has 0 amide bonds. The Labute approximate surface area is 110 Å². The predicted molar refractivity (Wildman–Crippen MR) is 76.2 cm³/mol. The summed E-state index contributed by atoms with van der Waals surface area (Å²) >= 11 is 0. The van der Waals surface area contributed by atoms with Crippen LogP contribution in [0.5, 0.6) is 0 Å². The minimum atomic E-state index is 0.455. The Bertz CT molecular complexity index is 401. The number of fused-ring (bicyclic) bond motifs is 1. The van der Waals surface area contributed by atoms with Crippen molar-refractivity contribution in [2.75, 3.05) is 11.9 Å². The van der Waals surface area contributed by atoms with E-state index in [4.69, 9.17) is 9.97 Å². The topological polar surface area (TPSA) is 37.8 Å². The van der Waals surface area contributed by atoms with E-state index in [1.54, 1.807) is 0 Å². The van der Waals surface area contributed by atoms with Gasteiger partial charge in [-0.3, -0.25) is 0 Å². The van der Waals surface area contributed by atoms with Crippen molar-refractivity contribution in [3.8, 4) is 0 Å². The summed E-state index contributed by atoms with van der Waals surface area (Å²) in [7, 11) is 0. The molecule has 3 heteroatoms. The number of aryl methyl sites for hydroxylation is 1. The van der Waals surface area contributed by atoms with Gasteiger partial charge in [0.1, 0.15) is 11.6 Å². The summed E-state index contributed by atoms with van der Waals surface area (Å²) in [4.78, 5) is 9.60. The number of rotatable bonds is 4. The Balaban J connectivity index is 2.41. The Hall–Kier alpha value is -1.12. The number of anilines is 1. The molecule has 0 radical (unpaired) electrons. The van der Waals surface area contributed by atoms with E-state index in [1.807, 2.05) is 0 Å². The maximum absolute atomic E-state index is 4.84. The summed E-state index contributed by atoms with van der Waals surface area (Å²) in [6, 6.07) is 0. The fourth-order valence-electron chi connectivity index (χ4n) is 2.51. The van der Waals surface area contributed by atoms with Crippen molar-refractivity contribution in [1.82, 2.24) is 9.97 Å². The predicted octanol–water partition coefficient (Wildman–Crippen LogP) is 3.69. The molecule has 1 heterocycles. The van der Waals surface area contributed by atoms with Crippen LogP contribution in [0.15, 0.2) is 0 Å². The molecule has 0 bridgehead atoms. The van der Waals surface area contributed by atoms with Gasteiger partial charge in [0.15, 0.2) is 0 Å². The van der Waals surface area contributed by atoms with Gasteiger partial charge in [-0.2, -0.15) is 0 Å². The molecule has 0 saturated heterocycles. The fraction of sp³-hybridized carbons (Fsp3) is 0.733. The number of aromatic nitrogens is 2. The van der Waals surface area contributed by atoms with Crippen molar-refractivity contribution >= 4 is 5.82 Å². The maximum Gasteiger partial charge on any atom is 0.133 e. The molecule has 0 fully saturated rings. The van der Waals surface area contributed by atoms with Crippen LogP contribution in [-0.2, 0) is 12.8 Å². The second-order valence-electron chi connectivity index (χ2n) is 5.26. The number of hydrogen-bond acceptors (Lipinski definition) is 3. The van der Waals surface area contributed by atoms with Gasteiger partial charge in [-0.05, 0) is 39.0 Å². The van der Waals surface area contributed by atoms with Gasteiger partial charge in [-0.1, -0.05) is 20.3 Å². The van der Waals surface area contributed by atoms with Gasteiger partial charge in [0.2, 0.25) is 0 Å². The van der Waals surface area contributed by atoms with E-state index in [-0.39, 0.29) is 0 Å². The van der Waals surface area contributed by atoms with Crippen LogP contribution >= 0.6 is 0 Å². The zero-order valence-electron chi connectivity index (χ0n) is 11.9. The number of hydrogen-bond donors (Lipinski definition) is 1. The van der Waals surface area contributed by atoms with Gasteiger partial charge in [0.25, 0.3) is 0 Å². The zero-order chi connectivity index (χ0) is 13.0. The van der Waals surface area contributed by atoms with Crippen LogP contribution in [0, 0.1) is 0 Å². The van der Waals surface area contributed by atoms with Gasteiger partial charge >= 0.3 is 0 Å². The standard InChI is InChI=1S/C15H25N3/c1-4-11(3)14-17-13-10-8-6-7-9-12(13)15(18-14)16-5-2/h11H,4-10H2,1-3H3,(H,16,17,18). The fourth-order valence-corrected chi connectivity index (χ4v) is 2.51. The Morgan fingerprint density at radius 1 is 1.11 bits per heavy atom. The van der Waals surface area contributed by atoms with Gasteiger partial charge in [-0.25, -0.2) is 9.97 Å². The van der Waals surface area contributed by atoms with Crippen LogP contribution in [0.1, 0.15) is 69.5 Å². The Kier molecular flexibility index (Phi) is 4.56. The molecule has 3 nitrogen and oxygen atoms in total. The highest BCUT2D eigenvalue weighted by Crippen LogP contribution is 2.27. The van der Waals surface area contributed by atoms with E-state index in [9.17, 15) is 0 Å². The first-order valence-electron chi connectivity index (χ1n) is 7.39. The van der Waals surface area contributed by atoms with Crippen molar-refractivity contribution in [1.29, 1.82) is 0 Å². The molecule has 18 heavy (non-hydrogen) atoms. The smallest absolute Gasteiger partial charge is 0.133 e. The van der Waals surface area contributed by atoms with Crippen molar-refractivity contribution in [3.63, 3.8) is 0 Å². The number of nitrogens with one attached hydrogen (secondary N) is 1. The largest absolute Gasteiger partial charge is 0.370 e. The van der Waals surface area contributed by atoms with Crippen molar-refractivity contribution in [2.45, 2.75) is 65.2 Å². The van der Waals surface area contributed by atoms with E-state index < -0.39 is 0 Å². The van der Waals surface area contributed by atoms with Crippen LogP contribution < -0.4 is 5.32 Å². The average molecular weight is 247 g/mol. The van der Waals surface area contributed by atoms with E-state index in [2.05, 4.69) is 26.1 Å². The SMILES string of the molecule is CCNc1nc(C(C)CC)nc2c1CCCCC2. The third kappa shape index (κ3) is 2.82. The third-order valence-electron chi connectivity index (χ3n) is 3.85. The highest BCUT2D eigenvalue weighted by atomic mass is 15.0. The molecule has 1 aromatic rings. The lowest BCUT2D eigenvalue weighted by Crippen LogP contribution is -2.12. The second-order valence-corrected chi connectivity index (χ2v) is 5.26. The summed E-state index contributed by atoms with van der Waals surface area (Å²) < 4.78 is 0. The highest BCUT2D eigenvalue weighted by molar-refractivity contribution is 5.47. The number of nitrogens with zero attached hydrogens (tertiary/aromatic N) is 2. The summed E-state index contributed by atoms with van der Waals surface area (Å²) in [6.07, 6.45) is 7.23. The van der Waals surface area contributed by atoms with Gasteiger partial charge in [0.05, 0.1) is 0 Å². The second kappa shape index (κ2) is 6.17. The van der Waals surface area contributed by atoms with E-state index in [1.165, 1.54) is 30.5 Å². The molecule has 1 unspecified atom stereocenters. The van der Waals surface area contributed by atoms with Crippen LogP contribution in [0.2, 0.25) is 0 Å². The molecule has 1 N–H and O–H groups in total. The van der Waals surface area contributed by atoms with Crippen molar-refractivity contribution in [2.24, 2.45) is 0 Å². The van der Waals surface area contributed by atoms with Gasteiger partial charge < -0.3 is 5.32 Å². The lowest BCUT2D eigenvalue weighted by Gasteiger charge is -2.16. The van der Waals surface area contributed by atoms with Crippen LogP contribution in [-0.4, -0.2) is 16.5 Å². The van der Waals surface area contributed by atoms with Crippen LogP contribution in [0.25, 0.3) is 0 Å². The third-order valence-corrected chi connectivity index (χ3v) is 3.85. The summed E-state index contributed by atoms with van der Waals surface area (Å²) in [6.45, 7) is 7.48. The summed E-state index contributed by atoms with van der Waals surface area (Å²) in [5, 5.41) is 3.43. The molecule has 0 spiro atoms. The van der Waals surface area contributed by atoms with Crippen LogP contribution in [0.3, 0.4) is 0 Å². The average Bonchev–Trinajstić information content (AvgIpc) is 2.63. The highest BCUT2D eigenvalue weighted by Gasteiger charge is 2.18. The van der Waals surface area contributed by atoms with Crippen molar-refractivity contribution in [3.05, 3.63) is 17.1 Å². The quantitative estimate of drug-likeness (QED) is 0.825. The molecule has 1 aromatic heterocycles. The minimum Gasteiger partial charge on any atom is -0.370 e. The molecule has 0 aliphatic heterocycles. The first-order chi connectivity index (χ1) is 8.76. The Morgan fingerprint density at radius 3 is 2.61 bits per heavy atom. The zero-order valence-corrected chi connectivity index (χ0v) is 11.9. The molecule has 0 saturated carbocycles. The molecule has 0 aromatic carbocycles.